The lowest BCUT2D eigenvalue weighted by atomic mass is 10.3. The van der Waals surface area contributed by atoms with Crippen LogP contribution in [0.1, 0.15) is 182 Å². The van der Waals surface area contributed by atoms with E-state index in [4.69, 9.17) is 53.1 Å². The summed E-state index contributed by atoms with van der Waals surface area (Å²) >= 11 is 0. The zero-order valence-corrected chi connectivity index (χ0v) is 41.0. The van der Waals surface area contributed by atoms with Gasteiger partial charge in [-0.1, -0.05) is 62.3 Å². The van der Waals surface area contributed by atoms with Gasteiger partial charge < -0.3 is 53.1 Å². The van der Waals surface area contributed by atoms with Gasteiger partial charge in [0.1, 0.15) is 0 Å². The van der Waals surface area contributed by atoms with Crippen LogP contribution >= 0.6 is 0 Å². The van der Waals surface area contributed by atoms with Gasteiger partial charge in [-0.15, -0.1) is 0 Å². The minimum absolute atomic E-state index is 0.317. The Morgan fingerprint density at radius 3 is 0.509 bits per heavy atom. The monoisotopic (exact) mass is 829 g/mol. The third-order valence-electron chi connectivity index (χ3n) is 9.06. The summed E-state index contributed by atoms with van der Waals surface area (Å²) in [7, 11) is -8.88. The molecule has 0 saturated heterocycles. The molecular weight excluding hydrogens is 749 g/mol. The van der Waals surface area contributed by atoms with Crippen molar-refractivity contribution >= 4 is 37.4 Å². The third kappa shape index (κ3) is 20.1. The first-order chi connectivity index (χ1) is 24.7. The maximum atomic E-state index is 7.08. The second-order valence-corrected chi connectivity index (χ2v) is 20.7. The van der Waals surface area contributed by atoms with Crippen molar-refractivity contribution in [1.82, 2.24) is 0 Å². The lowest BCUT2D eigenvalue weighted by Gasteiger charge is -2.46. The lowest BCUT2D eigenvalue weighted by Crippen LogP contribution is -2.69. The van der Waals surface area contributed by atoms with Crippen LogP contribution in [0.4, 0.5) is 0 Å². The Morgan fingerprint density at radius 1 is 0.302 bits per heavy atom. The number of rotatable bonds is 33. The second-order valence-electron chi connectivity index (χ2n) is 14.4. The van der Waals surface area contributed by atoms with Crippen molar-refractivity contribution in [3.8, 4) is 0 Å². The summed E-state index contributed by atoms with van der Waals surface area (Å²) in [6.07, 6.45) is 3.12. The van der Waals surface area contributed by atoms with Crippen LogP contribution in [0, 0.1) is 0 Å². The summed E-state index contributed by atoms with van der Waals surface area (Å²) in [4.78, 5) is 0. The Hall–Kier alpha value is 0.388. The van der Waals surface area contributed by atoms with Gasteiger partial charge in [-0.2, -0.15) is 0 Å². The van der Waals surface area contributed by atoms with E-state index >= 15 is 0 Å². The maximum absolute atomic E-state index is 7.08. The molecule has 12 nitrogen and oxygen atoms in total. The minimum atomic E-state index is -4.26. The standard InChI is InChI=1S/C37H81O12Si4/c1-19-28(10)38-51(39-29(11)20-2,40-30(12)21-3)47-37(50,48-52(41-31(13)22-4,42-32(14)23-5)43-33(15)24-6)49-53(44-34(16)25-7,45-35(17)26-8)46-36(18)27-9/h28-36H,19-27H2,1-18H3. The first kappa shape index (κ1) is 53.4. The van der Waals surface area contributed by atoms with Gasteiger partial charge in [0, 0.05) is 54.9 Å². The van der Waals surface area contributed by atoms with E-state index in [1.165, 1.54) is 0 Å². The molecule has 0 amide bonds. The summed E-state index contributed by atoms with van der Waals surface area (Å²) in [5, 5.41) is 0. The van der Waals surface area contributed by atoms with Gasteiger partial charge in [-0.25, -0.2) is 0 Å². The molecule has 0 aliphatic rings. The van der Waals surface area contributed by atoms with E-state index in [0.717, 1.165) is 0 Å². The smallest absolute Gasteiger partial charge is 0.348 e. The normalized spacial score (nSPS) is 22.2. The Balaban J connectivity index is 8.33. The quantitative estimate of drug-likeness (QED) is 0.0464. The number of hydrogen-bond acceptors (Lipinski definition) is 12. The molecule has 0 aromatic rings. The molecule has 317 valence electrons. The van der Waals surface area contributed by atoms with Gasteiger partial charge >= 0.3 is 27.1 Å². The van der Waals surface area contributed by atoms with Crippen LogP contribution < -0.4 is 0 Å². The fourth-order valence-corrected chi connectivity index (χ4v) is 13.5. The average Bonchev–Trinajstić information content (AvgIpc) is 3.10. The van der Waals surface area contributed by atoms with E-state index < -0.39 is 32.7 Å². The molecule has 0 N–H and O–H groups in total. The molecule has 0 fully saturated rings. The predicted octanol–water partition coefficient (Wildman–Crippen LogP) is 9.46. The highest BCUT2D eigenvalue weighted by atomic mass is 28.4. The lowest BCUT2D eigenvalue weighted by molar-refractivity contribution is -0.301. The highest BCUT2D eigenvalue weighted by molar-refractivity contribution is 6.57. The van der Waals surface area contributed by atoms with E-state index in [-0.39, 0.29) is 54.9 Å². The van der Waals surface area contributed by atoms with E-state index in [2.05, 4.69) is 10.2 Å². The van der Waals surface area contributed by atoms with Gasteiger partial charge in [0.25, 0.3) is 0 Å². The van der Waals surface area contributed by atoms with Crippen molar-refractivity contribution in [3.05, 3.63) is 0 Å². The number of hydrogen-bond donors (Lipinski definition) is 0. The molecule has 9 atom stereocenters. The highest BCUT2D eigenvalue weighted by Gasteiger charge is 2.65. The van der Waals surface area contributed by atoms with Crippen molar-refractivity contribution < 1.29 is 53.1 Å². The Bertz CT molecular complexity index is 734. The molecule has 0 aliphatic heterocycles. The molecular formula is C37H81O12Si4. The van der Waals surface area contributed by atoms with Crippen LogP contribution in [0.3, 0.4) is 0 Å². The van der Waals surface area contributed by atoms with Gasteiger partial charge in [-0.05, 0) is 120 Å². The van der Waals surface area contributed by atoms with Crippen molar-refractivity contribution in [2.45, 2.75) is 243 Å². The summed E-state index contributed by atoms with van der Waals surface area (Å²) in [6.45, 7) is 35.8. The second kappa shape index (κ2) is 26.4. The zero-order valence-electron chi connectivity index (χ0n) is 37.0. The maximum Gasteiger partial charge on any atom is 0.684 e. The van der Waals surface area contributed by atoms with Gasteiger partial charge in [0.05, 0.1) is 0 Å². The molecule has 0 aromatic carbocycles. The van der Waals surface area contributed by atoms with Crippen LogP contribution in [0.15, 0.2) is 0 Å². The van der Waals surface area contributed by atoms with Gasteiger partial charge in [0.2, 0.25) is 5.60 Å². The fourth-order valence-electron chi connectivity index (χ4n) is 3.99. The van der Waals surface area contributed by atoms with Crippen LogP contribution in [-0.2, 0) is 53.1 Å². The summed E-state index contributed by atoms with van der Waals surface area (Å²) < 4.78 is 81.9. The largest absolute Gasteiger partial charge is 0.684 e. The van der Waals surface area contributed by atoms with Gasteiger partial charge in [0.15, 0.2) is 10.2 Å². The zero-order chi connectivity index (χ0) is 41.0. The van der Waals surface area contributed by atoms with E-state index in [1.807, 2.05) is 125 Å². The molecule has 16 heteroatoms. The van der Waals surface area contributed by atoms with Gasteiger partial charge in [-0.3, -0.25) is 0 Å². The molecule has 0 spiro atoms. The summed E-state index contributed by atoms with van der Waals surface area (Å²) in [5.74, 6) is 0. The van der Waals surface area contributed by atoms with E-state index in [9.17, 15) is 0 Å². The minimum Gasteiger partial charge on any atom is -0.348 e. The van der Waals surface area contributed by atoms with E-state index in [1.54, 1.807) is 0 Å². The predicted molar refractivity (Wildman–Crippen MR) is 217 cm³/mol. The Labute approximate surface area is 332 Å². The van der Waals surface area contributed by atoms with Crippen LogP contribution in [0.5, 0.6) is 0 Å². The molecule has 3 radical (unpaired) electrons. The third-order valence-corrected chi connectivity index (χ3v) is 17.8. The molecule has 0 rings (SSSR count). The molecule has 0 aliphatic carbocycles. The molecule has 0 bridgehead atoms. The molecule has 9 unspecified atom stereocenters. The molecule has 0 saturated carbocycles. The van der Waals surface area contributed by atoms with E-state index in [0.29, 0.717) is 57.8 Å². The van der Waals surface area contributed by atoms with Crippen LogP contribution in [-0.4, -0.2) is 97.9 Å². The Kier molecular flexibility index (Phi) is 26.6. The summed E-state index contributed by atoms with van der Waals surface area (Å²) in [6, 6.07) is 0. The molecule has 0 aromatic heterocycles. The summed E-state index contributed by atoms with van der Waals surface area (Å²) in [5.41, 5.74) is -2.32. The molecule has 0 heterocycles. The van der Waals surface area contributed by atoms with Crippen molar-refractivity contribution in [3.63, 3.8) is 0 Å². The first-order valence-corrected chi connectivity index (χ1v) is 26.1. The molecule has 53 heavy (non-hydrogen) atoms. The van der Waals surface area contributed by atoms with Crippen molar-refractivity contribution in [2.75, 3.05) is 0 Å². The fraction of sp³-hybridized carbons (Fsp3) is 1.00. The Morgan fingerprint density at radius 2 is 0.415 bits per heavy atom. The van der Waals surface area contributed by atoms with Crippen LogP contribution in [0.25, 0.3) is 0 Å². The SMILES string of the molecule is CCC(C)O[Si](OC(C)CC)(OC(C)CC)OC([Si])(O[Si](OC(C)CC)(OC(C)CC)OC(C)CC)O[Si](OC(C)CC)(OC(C)CC)OC(C)CC. The van der Waals surface area contributed by atoms with Crippen molar-refractivity contribution in [1.29, 1.82) is 0 Å². The first-order valence-electron chi connectivity index (χ1n) is 20.7. The topological polar surface area (TPSA) is 111 Å². The van der Waals surface area contributed by atoms with Crippen LogP contribution in [0.2, 0.25) is 0 Å². The van der Waals surface area contributed by atoms with Crippen molar-refractivity contribution in [2.24, 2.45) is 0 Å². The highest BCUT2D eigenvalue weighted by Crippen LogP contribution is 2.36. The average molecular weight is 830 g/mol.